The number of ether oxygens (including phenoxy) is 8. The Labute approximate surface area is 704 Å². The second-order valence-corrected chi connectivity index (χ2v) is 34.9. The third kappa shape index (κ3) is 50.5. The van der Waals surface area contributed by atoms with Gasteiger partial charge in [0.15, 0.2) is 24.8 Å². The van der Waals surface area contributed by atoms with Crippen LogP contribution in [0.3, 0.4) is 0 Å². The van der Waals surface area contributed by atoms with Crippen molar-refractivity contribution in [3.63, 3.8) is 0 Å². The van der Waals surface area contributed by atoms with Crippen molar-refractivity contribution in [2.45, 2.75) is 504 Å². The summed E-state index contributed by atoms with van der Waals surface area (Å²) in [6.07, 6.45) is 30.3. The van der Waals surface area contributed by atoms with E-state index in [1.54, 1.807) is 0 Å². The maximum atomic E-state index is 14.9. The van der Waals surface area contributed by atoms with Gasteiger partial charge in [0.1, 0.15) is 92.6 Å². The molecule has 0 spiro atoms. The highest BCUT2D eigenvalue weighted by molar-refractivity contribution is 7.47. The summed E-state index contributed by atoms with van der Waals surface area (Å²) in [6.45, 7) is 5.57. The van der Waals surface area contributed by atoms with Crippen molar-refractivity contribution in [1.82, 2.24) is 0 Å². The lowest BCUT2D eigenvalue weighted by atomic mass is 9.84. The Balaban J connectivity index is 1.92. The Bertz CT molecular complexity index is 2530. The van der Waals surface area contributed by atoms with E-state index in [2.05, 4.69) is 52.0 Å². The third-order valence-corrected chi connectivity index (χ3v) is 23.9. The molecule has 686 valence electrons. The third-order valence-electron chi connectivity index (χ3n) is 22.9. The summed E-state index contributed by atoms with van der Waals surface area (Å²) in [5.41, 5.74) is 0. The number of phosphoric ester groups is 1. The first-order valence-corrected chi connectivity index (χ1v) is 48.6. The van der Waals surface area contributed by atoms with E-state index in [1.165, 1.54) is 173 Å². The molecule has 25 nitrogen and oxygen atoms in total. The first-order valence-electron chi connectivity index (χ1n) is 47.1. The summed E-state index contributed by atoms with van der Waals surface area (Å²) in [7, 11) is -5.81. The van der Waals surface area contributed by atoms with Gasteiger partial charge in [-0.25, -0.2) is 4.57 Å². The molecule has 18 atom stereocenters. The standard InChI is InChI=1S/C91H167O25P/c1-5-9-13-17-21-25-29-33-36-40-43-47-51-55-59-63-74(93)107-68-71(110-76(95)65-61-57-53-49-45-39-32-28-24-20-16-12-8-4)69-109-117(105,106)116-89-87(114-90-84(103)80(99)78(97)72(67-92)111-90)83(102)82(101)86(113-77(96)66-62-58-54-50-46-42-38-35-31-27-23-19-15-11-7-3)88(89)115-91-85(104)81(100)79(98)73(112-91)70-108-75(94)64-60-56-52-48-44-41-37-34-30-26-22-18-14-10-6-2/h27,31,39,45,71-73,78-92,97-104H,5-26,28-30,32-38,40-44,46-70H2,1-4H3,(H,105,106)/b31-27-,45-39-. The predicted octanol–water partition coefficient (Wildman–Crippen LogP) is 17.3. The van der Waals surface area contributed by atoms with Crippen LogP contribution < -0.4 is 0 Å². The van der Waals surface area contributed by atoms with Crippen LogP contribution in [0.4, 0.5) is 0 Å². The Morgan fingerprint density at radius 1 is 0.333 bits per heavy atom. The molecule has 10 N–H and O–H groups in total. The van der Waals surface area contributed by atoms with E-state index >= 15 is 0 Å². The number of esters is 4. The van der Waals surface area contributed by atoms with E-state index in [9.17, 15) is 74.6 Å². The lowest BCUT2D eigenvalue weighted by Crippen LogP contribution is -2.70. The van der Waals surface area contributed by atoms with E-state index in [0.717, 1.165) is 135 Å². The van der Waals surface area contributed by atoms with Crippen molar-refractivity contribution in [1.29, 1.82) is 0 Å². The number of aliphatic hydroxyl groups excluding tert-OH is 9. The smallest absolute Gasteiger partial charge is 0.463 e. The molecule has 0 radical (unpaired) electrons. The van der Waals surface area contributed by atoms with Gasteiger partial charge in [-0.05, 0) is 77.0 Å². The van der Waals surface area contributed by atoms with Gasteiger partial charge < -0.3 is 88.7 Å². The monoisotopic (exact) mass is 1690 g/mol. The van der Waals surface area contributed by atoms with Crippen molar-refractivity contribution in [2.24, 2.45) is 0 Å². The van der Waals surface area contributed by atoms with Gasteiger partial charge in [-0.1, -0.05) is 322 Å². The fourth-order valence-electron chi connectivity index (χ4n) is 15.4. The van der Waals surface area contributed by atoms with Gasteiger partial charge in [-0.2, -0.15) is 0 Å². The highest BCUT2D eigenvalue weighted by Crippen LogP contribution is 2.49. The number of allylic oxidation sites excluding steroid dienone is 4. The molecule has 1 saturated carbocycles. The Hall–Kier alpha value is -3.05. The molecule has 2 heterocycles. The largest absolute Gasteiger partial charge is 0.472 e. The Morgan fingerprint density at radius 3 is 1.03 bits per heavy atom. The molecular weight excluding hydrogens is 1520 g/mol. The van der Waals surface area contributed by atoms with Crippen LogP contribution in [0.15, 0.2) is 24.3 Å². The molecular formula is C91H167O25P. The zero-order chi connectivity index (χ0) is 85.4. The van der Waals surface area contributed by atoms with Gasteiger partial charge in [0.2, 0.25) is 0 Å². The van der Waals surface area contributed by atoms with Gasteiger partial charge in [-0.3, -0.25) is 28.2 Å². The molecule has 0 aromatic heterocycles. The quantitative estimate of drug-likeness (QED) is 0.00889. The van der Waals surface area contributed by atoms with Gasteiger partial charge >= 0.3 is 31.7 Å². The minimum absolute atomic E-state index is 0.0165. The molecule has 0 aromatic rings. The van der Waals surface area contributed by atoms with Crippen LogP contribution in [0, 0.1) is 0 Å². The number of unbranched alkanes of at least 4 members (excludes halogenated alkanes) is 48. The molecule has 3 aliphatic rings. The van der Waals surface area contributed by atoms with Crippen LogP contribution in [-0.2, 0) is 70.7 Å². The molecule has 26 heteroatoms. The van der Waals surface area contributed by atoms with Crippen molar-refractivity contribution in [2.75, 3.05) is 26.4 Å². The van der Waals surface area contributed by atoms with Crippen LogP contribution in [0.1, 0.15) is 400 Å². The molecule has 0 aromatic carbocycles. The van der Waals surface area contributed by atoms with Crippen molar-refractivity contribution < 1.29 is 122 Å². The minimum atomic E-state index is -5.81. The first-order chi connectivity index (χ1) is 56.7. The SMILES string of the molecule is CCCCCC/C=C\CCCCCCCCCC(=O)OC1C(O)C(O)C(OC2OC(CO)C(O)C(O)C2O)C(OP(=O)(O)OCC(COC(=O)CCCCCCCCCCCCCCCCC)OC(=O)CCCCC/C=C\CCCCCCCC)C1OC1OC(COC(=O)CCCCCCCCCCCCCCCCC)C(O)C(O)C1O. The number of hydrogen-bond donors (Lipinski definition) is 10. The average molecular weight is 1690 g/mol. The number of phosphoric acid groups is 1. The van der Waals surface area contributed by atoms with Crippen molar-refractivity contribution in [3.05, 3.63) is 24.3 Å². The van der Waals surface area contributed by atoms with Crippen LogP contribution >= 0.6 is 7.82 Å². The number of aliphatic hydroxyl groups is 9. The van der Waals surface area contributed by atoms with E-state index in [1.807, 2.05) is 0 Å². The molecule has 2 aliphatic heterocycles. The zero-order valence-electron chi connectivity index (χ0n) is 73.0. The lowest BCUT2D eigenvalue weighted by Gasteiger charge is -2.50. The lowest BCUT2D eigenvalue weighted by molar-refractivity contribution is -0.360. The van der Waals surface area contributed by atoms with Crippen LogP contribution in [0.25, 0.3) is 0 Å². The Kier molecular flexibility index (Phi) is 64.9. The first kappa shape index (κ1) is 108. The van der Waals surface area contributed by atoms with E-state index in [-0.39, 0.29) is 25.7 Å². The van der Waals surface area contributed by atoms with Gasteiger partial charge in [-0.15, -0.1) is 0 Å². The number of carbonyl (C=O) groups excluding carboxylic acids is 4. The molecule has 1 aliphatic carbocycles. The molecule has 3 rings (SSSR count). The molecule has 2 saturated heterocycles. The number of hydrogen-bond acceptors (Lipinski definition) is 24. The van der Waals surface area contributed by atoms with Crippen LogP contribution in [0.2, 0.25) is 0 Å². The summed E-state index contributed by atoms with van der Waals surface area (Å²) < 4.78 is 73.4. The van der Waals surface area contributed by atoms with Crippen molar-refractivity contribution >= 4 is 31.7 Å². The minimum Gasteiger partial charge on any atom is -0.463 e. The molecule has 0 amide bonds. The summed E-state index contributed by atoms with van der Waals surface area (Å²) >= 11 is 0. The van der Waals surface area contributed by atoms with E-state index in [4.69, 9.17) is 46.9 Å². The van der Waals surface area contributed by atoms with E-state index < -0.39 is 162 Å². The van der Waals surface area contributed by atoms with E-state index in [0.29, 0.717) is 38.5 Å². The normalized spacial score (nSPS) is 25.1. The second kappa shape index (κ2) is 70.3. The maximum Gasteiger partial charge on any atom is 0.472 e. The summed E-state index contributed by atoms with van der Waals surface area (Å²) in [6, 6.07) is 0. The van der Waals surface area contributed by atoms with Gasteiger partial charge in [0.25, 0.3) is 0 Å². The number of rotatable bonds is 76. The fraction of sp³-hybridized carbons (Fsp3) is 0.912. The Morgan fingerprint density at radius 2 is 0.641 bits per heavy atom. The average Bonchev–Trinajstić information content (AvgIpc) is 0.754. The topological polar surface area (TPSA) is 380 Å². The molecule has 3 fully saturated rings. The summed E-state index contributed by atoms with van der Waals surface area (Å²) in [5.74, 6) is -2.98. The highest BCUT2D eigenvalue weighted by atomic mass is 31.2. The second-order valence-electron chi connectivity index (χ2n) is 33.5. The molecule has 0 bridgehead atoms. The van der Waals surface area contributed by atoms with Crippen molar-refractivity contribution in [3.8, 4) is 0 Å². The molecule has 18 unspecified atom stereocenters. The summed E-state index contributed by atoms with van der Waals surface area (Å²) in [5, 5.41) is 102. The van der Waals surface area contributed by atoms with Crippen LogP contribution in [-0.4, -0.2) is 205 Å². The highest BCUT2D eigenvalue weighted by Gasteiger charge is 2.60. The predicted molar refractivity (Wildman–Crippen MR) is 453 cm³/mol. The van der Waals surface area contributed by atoms with Crippen LogP contribution in [0.5, 0.6) is 0 Å². The fourth-order valence-corrected chi connectivity index (χ4v) is 16.4. The van der Waals surface area contributed by atoms with Gasteiger partial charge in [0.05, 0.1) is 13.2 Å². The zero-order valence-corrected chi connectivity index (χ0v) is 73.9. The number of carbonyl (C=O) groups is 4. The maximum absolute atomic E-state index is 14.9. The van der Waals surface area contributed by atoms with Gasteiger partial charge in [0, 0.05) is 25.7 Å². The summed E-state index contributed by atoms with van der Waals surface area (Å²) in [4.78, 5) is 66.4. The molecule has 117 heavy (non-hydrogen) atoms.